The molecule has 0 saturated carbocycles. The van der Waals surface area contributed by atoms with E-state index in [9.17, 15) is 9.90 Å². The minimum absolute atomic E-state index is 0.00443. The molecule has 0 bridgehead atoms. The highest BCUT2D eigenvalue weighted by Gasteiger charge is 2.01. The molecule has 0 amide bonds. The highest BCUT2D eigenvalue weighted by Crippen LogP contribution is 2.03. The van der Waals surface area contributed by atoms with Crippen molar-refractivity contribution in [2.75, 3.05) is 0 Å². The Labute approximate surface area is 83.9 Å². The minimum atomic E-state index is -0.673. The SMILES string of the molecule is CC(=O)C[C@H](O)/C=C/c1ccccc1. The standard InChI is InChI=1S/C12H14O2/c1-10(13)9-12(14)8-7-11-5-3-2-4-6-11/h2-8,12,14H,9H2,1H3/b8-7+/t12-/m1/s1. The zero-order chi connectivity index (χ0) is 10.4. The first-order valence-electron chi connectivity index (χ1n) is 4.59. The Morgan fingerprint density at radius 1 is 1.43 bits per heavy atom. The summed E-state index contributed by atoms with van der Waals surface area (Å²) in [6.07, 6.45) is 2.96. The lowest BCUT2D eigenvalue weighted by Gasteiger charge is -2.00. The first-order valence-corrected chi connectivity index (χ1v) is 4.59. The van der Waals surface area contributed by atoms with Crippen molar-refractivity contribution in [3.05, 3.63) is 42.0 Å². The van der Waals surface area contributed by atoms with E-state index in [0.717, 1.165) is 5.56 Å². The molecule has 2 heteroatoms. The summed E-state index contributed by atoms with van der Waals surface area (Å²) >= 11 is 0. The summed E-state index contributed by atoms with van der Waals surface area (Å²) in [6, 6.07) is 9.67. The molecule has 1 aromatic rings. The van der Waals surface area contributed by atoms with Crippen LogP contribution in [-0.4, -0.2) is 17.0 Å². The monoisotopic (exact) mass is 190 g/mol. The Morgan fingerprint density at radius 2 is 2.07 bits per heavy atom. The van der Waals surface area contributed by atoms with Gasteiger partial charge >= 0.3 is 0 Å². The summed E-state index contributed by atoms with van der Waals surface area (Å²) in [4.78, 5) is 10.7. The zero-order valence-electron chi connectivity index (χ0n) is 8.18. The Balaban J connectivity index is 2.52. The molecule has 0 aromatic heterocycles. The van der Waals surface area contributed by atoms with E-state index in [4.69, 9.17) is 0 Å². The van der Waals surface area contributed by atoms with E-state index < -0.39 is 6.10 Å². The van der Waals surface area contributed by atoms with Gasteiger partial charge in [0.15, 0.2) is 0 Å². The molecule has 0 fully saturated rings. The van der Waals surface area contributed by atoms with Crippen LogP contribution in [0.2, 0.25) is 0 Å². The lowest BCUT2D eigenvalue weighted by Crippen LogP contribution is -2.07. The molecule has 0 aliphatic carbocycles. The third-order valence-electron chi connectivity index (χ3n) is 1.81. The van der Waals surface area contributed by atoms with Crippen LogP contribution >= 0.6 is 0 Å². The van der Waals surface area contributed by atoms with Crippen LogP contribution in [-0.2, 0) is 4.79 Å². The van der Waals surface area contributed by atoms with Crippen LogP contribution in [0.15, 0.2) is 36.4 Å². The molecule has 0 aliphatic rings. The van der Waals surface area contributed by atoms with Gasteiger partial charge in [0.1, 0.15) is 5.78 Å². The van der Waals surface area contributed by atoms with Crippen LogP contribution in [0, 0.1) is 0 Å². The molecule has 0 heterocycles. The van der Waals surface area contributed by atoms with Crippen LogP contribution in [0.4, 0.5) is 0 Å². The Kier molecular flexibility index (Phi) is 4.08. The highest BCUT2D eigenvalue weighted by atomic mass is 16.3. The number of carbonyl (C=O) groups excluding carboxylic acids is 1. The molecule has 1 atom stereocenters. The summed E-state index contributed by atoms with van der Waals surface area (Å²) < 4.78 is 0. The van der Waals surface area contributed by atoms with Crippen molar-refractivity contribution < 1.29 is 9.90 Å². The summed E-state index contributed by atoms with van der Waals surface area (Å²) in [7, 11) is 0. The first-order chi connectivity index (χ1) is 6.68. The molecule has 14 heavy (non-hydrogen) atoms. The first kappa shape index (κ1) is 10.7. The van der Waals surface area contributed by atoms with Gasteiger partial charge in [0.2, 0.25) is 0 Å². The second-order valence-corrected chi connectivity index (χ2v) is 3.24. The molecule has 0 saturated heterocycles. The molecule has 0 unspecified atom stereocenters. The van der Waals surface area contributed by atoms with Gasteiger partial charge in [-0.15, -0.1) is 0 Å². The second-order valence-electron chi connectivity index (χ2n) is 3.24. The number of benzene rings is 1. The average Bonchev–Trinajstić information content (AvgIpc) is 2.15. The molecule has 74 valence electrons. The normalized spacial score (nSPS) is 13.0. The second kappa shape index (κ2) is 5.35. The number of Topliss-reactive ketones (excluding diaryl/α,β-unsaturated/α-hetero) is 1. The van der Waals surface area contributed by atoms with Gasteiger partial charge in [0.25, 0.3) is 0 Å². The van der Waals surface area contributed by atoms with Gasteiger partial charge in [0, 0.05) is 6.42 Å². The lowest BCUT2D eigenvalue weighted by molar-refractivity contribution is -0.118. The number of hydrogen-bond acceptors (Lipinski definition) is 2. The molecular formula is C12H14O2. The lowest BCUT2D eigenvalue weighted by atomic mass is 10.1. The average molecular weight is 190 g/mol. The van der Waals surface area contributed by atoms with Gasteiger partial charge in [-0.25, -0.2) is 0 Å². The number of aliphatic hydroxyl groups is 1. The maximum Gasteiger partial charge on any atom is 0.132 e. The van der Waals surface area contributed by atoms with Crippen LogP contribution in [0.1, 0.15) is 18.9 Å². The van der Waals surface area contributed by atoms with E-state index in [2.05, 4.69) is 0 Å². The van der Waals surface area contributed by atoms with Crippen LogP contribution < -0.4 is 0 Å². The van der Waals surface area contributed by atoms with Crippen molar-refractivity contribution in [3.8, 4) is 0 Å². The summed E-state index contributed by atoms with van der Waals surface area (Å²) in [6.45, 7) is 1.47. The predicted molar refractivity (Wildman–Crippen MR) is 56.8 cm³/mol. The zero-order valence-corrected chi connectivity index (χ0v) is 8.18. The number of hydrogen-bond donors (Lipinski definition) is 1. The van der Waals surface area contributed by atoms with Crippen molar-refractivity contribution in [2.24, 2.45) is 0 Å². The molecule has 1 rings (SSSR count). The van der Waals surface area contributed by atoms with Gasteiger partial charge in [-0.05, 0) is 12.5 Å². The summed E-state index contributed by atoms with van der Waals surface area (Å²) in [5, 5.41) is 9.37. The molecule has 1 aromatic carbocycles. The topological polar surface area (TPSA) is 37.3 Å². The number of ketones is 1. The van der Waals surface area contributed by atoms with Crippen molar-refractivity contribution in [1.29, 1.82) is 0 Å². The smallest absolute Gasteiger partial charge is 0.132 e. The predicted octanol–water partition coefficient (Wildman–Crippen LogP) is 2.04. The van der Waals surface area contributed by atoms with E-state index in [0.29, 0.717) is 0 Å². The molecular weight excluding hydrogens is 176 g/mol. The van der Waals surface area contributed by atoms with Crippen molar-refractivity contribution in [1.82, 2.24) is 0 Å². The van der Waals surface area contributed by atoms with E-state index >= 15 is 0 Å². The molecule has 0 radical (unpaired) electrons. The van der Waals surface area contributed by atoms with Gasteiger partial charge < -0.3 is 5.11 Å². The summed E-state index contributed by atoms with van der Waals surface area (Å²) in [5.41, 5.74) is 1.02. The largest absolute Gasteiger partial charge is 0.389 e. The van der Waals surface area contributed by atoms with Gasteiger partial charge in [-0.2, -0.15) is 0 Å². The van der Waals surface area contributed by atoms with E-state index in [-0.39, 0.29) is 12.2 Å². The van der Waals surface area contributed by atoms with E-state index in [1.54, 1.807) is 6.08 Å². The molecule has 1 N–H and O–H groups in total. The van der Waals surface area contributed by atoms with Crippen LogP contribution in [0.5, 0.6) is 0 Å². The van der Waals surface area contributed by atoms with Gasteiger partial charge in [-0.1, -0.05) is 42.5 Å². The van der Waals surface area contributed by atoms with Gasteiger partial charge in [0.05, 0.1) is 6.10 Å². The molecule has 0 aliphatic heterocycles. The number of rotatable bonds is 4. The van der Waals surface area contributed by atoms with Crippen molar-refractivity contribution in [2.45, 2.75) is 19.4 Å². The van der Waals surface area contributed by atoms with Crippen molar-refractivity contribution >= 4 is 11.9 Å². The maximum absolute atomic E-state index is 10.7. The van der Waals surface area contributed by atoms with Crippen LogP contribution in [0.25, 0.3) is 6.08 Å². The molecule has 0 spiro atoms. The fourth-order valence-corrected chi connectivity index (χ4v) is 1.15. The van der Waals surface area contributed by atoms with E-state index in [1.165, 1.54) is 6.92 Å². The minimum Gasteiger partial charge on any atom is -0.389 e. The Bertz CT molecular complexity index is 314. The fourth-order valence-electron chi connectivity index (χ4n) is 1.15. The van der Waals surface area contributed by atoms with Crippen molar-refractivity contribution in [3.63, 3.8) is 0 Å². The number of carbonyl (C=O) groups is 1. The Hall–Kier alpha value is -1.41. The Morgan fingerprint density at radius 3 is 2.64 bits per heavy atom. The highest BCUT2D eigenvalue weighted by molar-refractivity contribution is 5.76. The third-order valence-corrected chi connectivity index (χ3v) is 1.81. The van der Waals surface area contributed by atoms with Gasteiger partial charge in [-0.3, -0.25) is 4.79 Å². The summed E-state index contributed by atoms with van der Waals surface area (Å²) in [5.74, 6) is -0.00443. The fraction of sp³-hybridized carbons (Fsp3) is 0.250. The number of aliphatic hydroxyl groups excluding tert-OH is 1. The van der Waals surface area contributed by atoms with Crippen LogP contribution in [0.3, 0.4) is 0 Å². The third kappa shape index (κ3) is 4.01. The maximum atomic E-state index is 10.7. The van der Waals surface area contributed by atoms with E-state index in [1.807, 2.05) is 36.4 Å². The molecule has 2 nitrogen and oxygen atoms in total. The quantitative estimate of drug-likeness (QED) is 0.788.